The smallest absolute Gasteiger partial charge is 0.288 e. The number of rotatable bonds is 5. The predicted molar refractivity (Wildman–Crippen MR) is 117 cm³/mol. The molecule has 0 aliphatic carbocycles. The summed E-state index contributed by atoms with van der Waals surface area (Å²) in [6.45, 7) is 0. The molecule has 2 N–H and O–H groups in total. The lowest BCUT2D eigenvalue weighted by Crippen LogP contribution is -2.18. The van der Waals surface area contributed by atoms with Gasteiger partial charge >= 0.3 is 0 Å². The van der Waals surface area contributed by atoms with Gasteiger partial charge in [-0.1, -0.05) is 54.1 Å². The minimum atomic E-state index is -0.467. The lowest BCUT2D eigenvalue weighted by atomic mass is 10.0. The molecule has 3 aromatic carbocycles. The third kappa shape index (κ3) is 3.92. The number of non-ortho nitro benzene ring substituents is 1. The minimum absolute atomic E-state index is 0.0513. The van der Waals surface area contributed by atoms with Crippen molar-refractivity contribution >= 4 is 40.3 Å². The first-order valence-corrected chi connectivity index (χ1v) is 9.35. The Labute approximate surface area is 176 Å². The summed E-state index contributed by atoms with van der Waals surface area (Å²) < 4.78 is 0. The molecule has 1 amide bonds. The predicted octanol–water partition coefficient (Wildman–Crippen LogP) is 5.16. The Morgan fingerprint density at radius 3 is 2.60 bits per heavy atom. The highest BCUT2D eigenvalue weighted by Gasteiger charge is 2.21. The number of hydrogen-bond donors (Lipinski definition) is 2. The molecule has 0 saturated carbocycles. The van der Waals surface area contributed by atoms with Crippen LogP contribution in [0.3, 0.4) is 0 Å². The van der Waals surface area contributed by atoms with E-state index in [0.717, 1.165) is 11.1 Å². The monoisotopic (exact) mass is 418 g/mol. The number of aromatic amines is 1. The number of nitro benzene ring substituents is 1. The number of H-pyrrole nitrogens is 1. The quantitative estimate of drug-likeness (QED) is 0.266. The number of fused-ring (bicyclic) bond motifs is 1. The molecule has 7 nitrogen and oxygen atoms in total. The largest absolute Gasteiger partial charge is 0.350 e. The van der Waals surface area contributed by atoms with Crippen molar-refractivity contribution in [1.29, 1.82) is 0 Å². The van der Waals surface area contributed by atoms with Crippen LogP contribution < -0.4 is 5.43 Å². The topological polar surface area (TPSA) is 100 Å². The Hall–Kier alpha value is -3.97. The van der Waals surface area contributed by atoms with E-state index in [0.29, 0.717) is 21.5 Å². The number of nitrogens with zero attached hydrogens (tertiary/aromatic N) is 2. The molecule has 0 unspecified atom stereocenters. The van der Waals surface area contributed by atoms with Crippen molar-refractivity contribution < 1.29 is 9.72 Å². The summed E-state index contributed by atoms with van der Waals surface area (Å²) in [7, 11) is 0. The van der Waals surface area contributed by atoms with Crippen LogP contribution in [0.5, 0.6) is 0 Å². The molecule has 1 aromatic heterocycles. The second kappa shape index (κ2) is 8.18. The van der Waals surface area contributed by atoms with Crippen LogP contribution in [-0.2, 0) is 0 Å². The number of carbonyl (C=O) groups is 1. The van der Waals surface area contributed by atoms with E-state index < -0.39 is 10.8 Å². The number of nitro groups is 1. The molecule has 0 atom stereocenters. The van der Waals surface area contributed by atoms with Gasteiger partial charge in [-0.3, -0.25) is 14.9 Å². The number of carbonyl (C=O) groups excluding carboxylic acids is 1. The molecule has 8 heteroatoms. The SMILES string of the molecule is O=C(NN=Cc1cccc(Cl)c1)c1[nH]c2ccc([N+](=O)[O-])cc2c1-c1ccccc1. The Kier molecular flexibility index (Phi) is 5.28. The molecule has 0 radical (unpaired) electrons. The van der Waals surface area contributed by atoms with Crippen molar-refractivity contribution in [3.8, 4) is 11.1 Å². The second-order valence-electron chi connectivity index (χ2n) is 6.48. The Morgan fingerprint density at radius 2 is 1.87 bits per heavy atom. The Morgan fingerprint density at radius 1 is 1.07 bits per heavy atom. The van der Waals surface area contributed by atoms with Gasteiger partial charge in [0.25, 0.3) is 11.6 Å². The van der Waals surface area contributed by atoms with E-state index in [1.165, 1.54) is 18.3 Å². The standard InChI is InChI=1S/C22H15ClN4O3/c23-16-8-4-5-14(11-16)13-24-26-22(28)21-20(15-6-2-1-3-7-15)18-12-17(27(29)30)9-10-19(18)25-21/h1-13,25H,(H,26,28). The average molecular weight is 419 g/mol. The number of amides is 1. The molecule has 0 spiro atoms. The minimum Gasteiger partial charge on any atom is -0.350 e. The third-order valence-corrected chi connectivity index (χ3v) is 4.75. The van der Waals surface area contributed by atoms with E-state index in [-0.39, 0.29) is 11.4 Å². The lowest BCUT2D eigenvalue weighted by molar-refractivity contribution is -0.384. The maximum Gasteiger partial charge on any atom is 0.288 e. The number of aromatic nitrogens is 1. The summed E-state index contributed by atoms with van der Waals surface area (Å²) >= 11 is 5.95. The summed E-state index contributed by atoms with van der Waals surface area (Å²) in [5.74, 6) is -0.467. The summed E-state index contributed by atoms with van der Waals surface area (Å²) in [6, 6.07) is 20.7. The summed E-state index contributed by atoms with van der Waals surface area (Å²) in [4.78, 5) is 26.7. The highest BCUT2D eigenvalue weighted by atomic mass is 35.5. The molecule has 0 aliphatic heterocycles. The average Bonchev–Trinajstić information content (AvgIpc) is 3.13. The van der Waals surface area contributed by atoms with Crippen LogP contribution in [0.4, 0.5) is 5.69 Å². The highest BCUT2D eigenvalue weighted by molar-refractivity contribution is 6.30. The fourth-order valence-electron chi connectivity index (χ4n) is 3.18. The lowest BCUT2D eigenvalue weighted by Gasteiger charge is -2.04. The maximum absolute atomic E-state index is 12.9. The van der Waals surface area contributed by atoms with Gasteiger partial charge in [0.1, 0.15) is 5.69 Å². The van der Waals surface area contributed by atoms with Crippen LogP contribution >= 0.6 is 11.6 Å². The zero-order valence-corrected chi connectivity index (χ0v) is 16.3. The molecule has 0 fully saturated rings. The van der Waals surface area contributed by atoms with Crippen LogP contribution in [0.2, 0.25) is 5.02 Å². The van der Waals surface area contributed by atoms with Gasteiger partial charge in [-0.05, 0) is 29.3 Å². The highest BCUT2D eigenvalue weighted by Crippen LogP contribution is 2.34. The van der Waals surface area contributed by atoms with Crippen molar-refractivity contribution in [3.05, 3.63) is 99.2 Å². The van der Waals surface area contributed by atoms with Crippen LogP contribution in [0, 0.1) is 10.1 Å². The van der Waals surface area contributed by atoms with Gasteiger partial charge in [-0.25, -0.2) is 5.43 Å². The van der Waals surface area contributed by atoms with E-state index in [1.54, 1.807) is 30.3 Å². The number of benzene rings is 3. The molecule has 30 heavy (non-hydrogen) atoms. The van der Waals surface area contributed by atoms with Crippen LogP contribution in [0.25, 0.3) is 22.0 Å². The zero-order valence-electron chi connectivity index (χ0n) is 15.5. The number of nitrogens with one attached hydrogen (secondary N) is 2. The van der Waals surface area contributed by atoms with E-state index in [4.69, 9.17) is 11.6 Å². The first-order chi connectivity index (χ1) is 14.5. The molecular formula is C22H15ClN4O3. The Bertz CT molecular complexity index is 1280. The molecule has 4 rings (SSSR count). The van der Waals surface area contributed by atoms with Gasteiger partial charge in [0, 0.05) is 33.6 Å². The first-order valence-electron chi connectivity index (χ1n) is 8.97. The third-order valence-electron chi connectivity index (χ3n) is 4.51. The Balaban J connectivity index is 1.74. The van der Waals surface area contributed by atoms with Gasteiger partial charge in [0.15, 0.2) is 0 Å². The summed E-state index contributed by atoms with van der Waals surface area (Å²) in [6.07, 6.45) is 1.49. The normalized spacial score (nSPS) is 11.1. The van der Waals surface area contributed by atoms with Gasteiger partial charge in [0.05, 0.1) is 11.1 Å². The van der Waals surface area contributed by atoms with Crippen molar-refractivity contribution in [1.82, 2.24) is 10.4 Å². The van der Waals surface area contributed by atoms with Gasteiger partial charge in [-0.2, -0.15) is 5.10 Å². The van der Waals surface area contributed by atoms with Crippen molar-refractivity contribution in [2.45, 2.75) is 0 Å². The molecule has 0 bridgehead atoms. The number of hydrazone groups is 1. The van der Waals surface area contributed by atoms with Gasteiger partial charge < -0.3 is 4.98 Å². The van der Waals surface area contributed by atoms with Crippen molar-refractivity contribution in [3.63, 3.8) is 0 Å². The molecular weight excluding hydrogens is 404 g/mol. The first kappa shape index (κ1) is 19.4. The second-order valence-corrected chi connectivity index (χ2v) is 6.92. The van der Waals surface area contributed by atoms with Crippen molar-refractivity contribution in [2.75, 3.05) is 0 Å². The van der Waals surface area contributed by atoms with E-state index in [9.17, 15) is 14.9 Å². The zero-order chi connectivity index (χ0) is 21.1. The molecule has 4 aromatic rings. The molecule has 0 aliphatic rings. The van der Waals surface area contributed by atoms with Gasteiger partial charge in [0.2, 0.25) is 0 Å². The molecule has 0 saturated heterocycles. The number of hydrogen-bond acceptors (Lipinski definition) is 4. The summed E-state index contributed by atoms with van der Waals surface area (Å²) in [5, 5.41) is 16.4. The fourth-order valence-corrected chi connectivity index (χ4v) is 3.38. The summed E-state index contributed by atoms with van der Waals surface area (Å²) in [5.41, 5.74) is 5.39. The van der Waals surface area contributed by atoms with Crippen LogP contribution in [0.15, 0.2) is 77.9 Å². The van der Waals surface area contributed by atoms with E-state index in [1.807, 2.05) is 30.3 Å². The van der Waals surface area contributed by atoms with Gasteiger partial charge in [-0.15, -0.1) is 0 Å². The van der Waals surface area contributed by atoms with Crippen molar-refractivity contribution in [2.24, 2.45) is 5.10 Å². The van der Waals surface area contributed by atoms with Crippen LogP contribution in [-0.4, -0.2) is 22.0 Å². The fraction of sp³-hybridized carbons (Fsp3) is 0. The number of halogens is 1. The van der Waals surface area contributed by atoms with E-state index >= 15 is 0 Å². The maximum atomic E-state index is 12.9. The van der Waals surface area contributed by atoms with Crippen LogP contribution in [0.1, 0.15) is 16.1 Å². The molecule has 1 heterocycles. The van der Waals surface area contributed by atoms with E-state index in [2.05, 4.69) is 15.5 Å². The molecule has 148 valence electrons.